The molecule has 4 rings (SSSR count). The van der Waals surface area contributed by atoms with E-state index in [9.17, 15) is 4.79 Å². The summed E-state index contributed by atoms with van der Waals surface area (Å²) in [6, 6.07) is 8.65. The highest BCUT2D eigenvalue weighted by atomic mass is 32.1. The zero-order valence-corrected chi connectivity index (χ0v) is 17.9. The zero-order valence-electron chi connectivity index (χ0n) is 17.1. The number of thiophene rings is 1. The molecule has 1 aromatic carbocycles. The smallest absolute Gasteiger partial charge is 0.258 e. The summed E-state index contributed by atoms with van der Waals surface area (Å²) in [6.45, 7) is 3.84. The van der Waals surface area contributed by atoms with Crippen molar-refractivity contribution in [2.75, 3.05) is 23.3 Å². The van der Waals surface area contributed by atoms with Crippen LogP contribution >= 0.6 is 11.3 Å². The predicted octanol–water partition coefficient (Wildman–Crippen LogP) is 5.47. The van der Waals surface area contributed by atoms with E-state index in [2.05, 4.69) is 40.4 Å². The lowest BCUT2D eigenvalue weighted by molar-refractivity contribution is 0.102. The molecule has 1 amide bonds. The van der Waals surface area contributed by atoms with Crippen molar-refractivity contribution < 1.29 is 4.79 Å². The van der Waals surface area contributed by atoms with Crippen molar-refractivity contribution in [3.05, 3.63) is 40.1 Å². The molecule has 2 N–H and O–H groups in total. The molecule has 4 nitrogen and oxygen atoms in total. The fourth-order valence-corrected chi connectivity index (χ4v) is 5.09. The number of nitrogens with one attached hydrogen (secondary N) is 2. The van der Waals surface area contributed by atoms with Gasteiger partial charge in [-0.05, 0) is 51.3 Å². The first-order valence-corrected chi connectivity index (χ1v) is 11.6. The van der Waals surface area contributed by atoms with Gasteiger partial charge in [0.2, 0.25) is 0 Å². The Kier molecular flexibility index (Phi) is 6.53. The molecule has 152 valence electrons. The van der Waals surface area contributed by atoms with Crippen LogP contribution in [0.15, 0.2) is 29.6 Å². The summed E-state index contributed by atoms with van der Waals surface area (Å²) in [6.07, 6.45) is 8.63. The number of fused-ring (bicyclic) bond motifs is 2. The average Bonchev–Trinajstić information content (AvgIpc) is 2.89. The first-order chi connectivity index (χ1) is 14.2. The van der Waals surface area contributed by atoms with Crippen molar-refractivity contribution in [3.8, 4) is 11.8 Å². The molecule has 0 saturated carbocycles. The predicted molar refractivity (Wildman–Crippen MR) is 122 cm³/mol. The Morgan fingerprint density at radius 3 is 3.03 bits per heavy atom. The van der Waals surface area contributed by atoms with E-state index in [0.29, 0.717) is 12.6 Å². The van der Waals surface area contributed by atoms with Gasteiger partial charge in [0.25, 0.3) is 5.91 Å². The van der Waals surface area contributed by atoms with Crippen LogP contribution in [0.5, 0.6) is 0 Å². The van der Waals surface area contributed by atoms with E-state index in [1.807, 2.05) is 23.6 Å². The second-order valence-corrected chi connectivity index (χ2v) is 8.94. The molecule has 2 aromatic rings. The van der Waals surface area contributed by atoms with Crippen molar-refractivity contribution in [3.63, 3.8) is 0 Å². The van der Waals surface area contributed by atoms with Gasteiger partial charge in [0.1, 0.15) is 0 Å². The van der Waals surface area contributed by atoms with Crippen molar-refractivity contribution in [1.29, 1.82) is 0 Å². The molecule has 0 aliphatic carbocycles. The number of amides is 1. The van der Waals surface area contributed by atoms with E-state index in [1.54, 1.807) is 11.3 Å². The second kappa shape index (κ2) is 9.47. The van der Waals surface area contributed by atoms with Gasteiger partial charge in [0.15, 0.2) is 0 Å². The van der Waals surface area contributed by atoms with Crippen LogP contribution in [0, 0.1) is 18.8 Å². The fraction of sp³-hybridized carbons (Fsp3) is 0.458. The van der Waals surface area contributed by atoms with Gasteiger partial charge >= 0.3 is 0 Å². The Labute approximate surface area is 177 Å². The summed E-state index contributed by atoms with van der Waals surface area (Å²) < 4.78 is 0. The number of rotatable bonds is 4. The standard InChI is InChI=1S/C24H29N3OS/c1-18-23-20(17-29-18)24(28)26-21-13-7-8-14-22(21)27(23)16-10-3-2-5-11-19-12-6-4-9-15-25-19/h7-8,13-14,17,19,25H,2,4-6,9,11-12,15-16H2,1H3,(H,26,28). The van der Waals surface area contributed by atoms with Crippen molar-refractivity contribution in [1.82, 2.24) is 5.32 Å². The van der Waals surface area contributed by atoms with Gasteiger partial charge in [-0.15, -0.1) is 17.3 Å². The van der Waals surface area contributed by atoms with E-state index < -0.39 is 0 Å². The lowest BCUT2D eigenvalue weighted by atomic mass is 10.0. The maximum absolute atomic E-state index is 12.6. The van der Waals surface area contributed by atoms with Gasteiger partial charge in [0.05, 0.1) is 29.2 Å². The zero-order chi connectivity index (χ0) is 20.1. The molecule has 29 heavy (non-hydrogen) atoms. The van der Waals surface area contributed by atoms with E-state index >= 15 is 0 Å². The van der Waals surface area contributed by atoms with E-state index in [0.717, 1.165) is 40.3 Å². The molecule has 0 bridgehead atoms. The molecule has 2 aliphatic heterocycles. The molecule has 1 aromatic heterocycles. The Hall–Kier alpha value is -2.29. The number of carbonyl (C=O) groups excluding carboxylic acids is 1. The number of para-hydroxylation sites is 2. The highest BCUT2D eigenvalue weighted by Crippen LogP contribution is 2.41. The third-order valence-corrected chi connectivity index (χ3v) is 6.68. The van der Waals surface area contributed by atoms with Crippen LogP contribution in [0.3, 0.4) is 0 Å². The quantitative estimate of drug-likeness (QED) is 0.522. The van der Waals surface area contributed by atoms with Crippen LogP contribution in [-0.2, 0) is 0 Å². The monoisotopic (exact) mass is 407 g/mol. The van der Waals surface area contributed by atoms with E-state index in [-0.39, 0.29) is 5.91 Å². The van der Waals surface area contributed by atoms with Gasteiger partial charge in [0, 0.05) is 22.7 Å². The van der Waals surface area contributed by atoms with Crippen molar-refractivity contribution in [2.24, 2.45) is 0 Å². The number of hydrogen-bond acceptors (Lipinski definition) is 4. The Balaban J connectivity index is 1.43. The highest BCUT2D eigenvalue weighted by Gasteiger charge is 2.27. The summed E-state index contributed by atoms with van der Waals surface area (Å²) >= 11 is 1.62. The van der Waals surface area contributed by atoms with Crippen LogP contribution in [0.1, 0.15) is 60.2 Å². The SMILES string of the molecule is Cc1scc2c1N(CC#CCCCC1CCCCCN1)c1ccccc1NC2=O. The summed E-state index contributed by atoms with van der Waals surface area (Å²) in [7, 11) is 0. The van der Waals surface area contributed by atoms with Crippen LogP contribution in [0.2, 0.25) is 0 Å². The van der Waals surface area contributed by atoms with Crippen LogP contribution < -0.4 is 15.5 Å². The molecule has 0 spiro atoms. The third kappa shape index (κ3) is 4.66. The highest BCUT2D eigenvalue weighted by molar-refractivity contribution is 7.10. The lowest BCUT2D eigenvalue weighted by Crippen LogP contribution is -2.27. The molecule has 1 atom stereocenters. The third-order valence-electron chi connectivity index (χ3n) is 5.78. The molecule has 1 saturated heterocycles. The summed E-state index contributed by atoms with van der Waals surface area (Å²) in [4.78, 5) is 16.0. The largest absolute Gasteiger partial charge is 0.326 e. The molecule has 1 fully saturated rings. The van der Waals surface area contributed by atoms with Gasteiger partial charge in [-0.3, -0.25) is 4.79 Å². The molecule has 1 unspecified atom stereocenters. The minimum Gasteiger partial charge on any atom is -0.326 e. The molecule has 5 heteroatoms. The normalized spacial score (nSPS) is 18.6. The molecule has 3 heterocycles. The Morgan fingerprint density at radius 1 is 1.21 bits per heavy atom. The number of unbranched alkanes of at least 4 members (excludes halogenated alkanes) is 1. The van der Waals surface area contributed by atoms with E-state index in [1.165, 1.54) is 38.6 Å². The maximum atomic E-state index is 12.6. The average molecular weight is 408 g/mol. The van der Waals surface area contributed by atoms with Gasteiger partial charge in [-0.2, -0.15) is 0 Å². The summed E-state index contributed by atoms with van der Waals surface area (Å²) in [5, 5.41) is 8.66. The second-order valence-electron chi connectivity index (χ2n) is 7.86. The summed E-state index contributed by atoms with van der Waals surface area (Å²) in [5.74, 6) is 6.70. The van der Waals surface area contributed by atoms with E-state index in [4.69, 9.17) is 0 Å². The van der Waals surface area contributed by atoms with Crippen LogP contribution in [-0.4, -0.2) is 25.0 Å². The first-order valence-electron chi connectivity index (χ1n) is 10.7. The topological polar surface area (TPSA) is 44.4 Å². The number of hydrogen-bond donors (Lipinski definition) is 2. The lowest BCUT2D eigenvalue weighted by Gasteiger charge is -2.23. The molecular weight excluding hydrogens is 378 g/mol. The maximum Gasteiger partial charge on any atom is 0.258 e. The van der Waals surface area contributed by atoms with Gasteiger partial charge in [-0.25, -0.2) is 0 Å². The van der Waals surface area contributed by atoms with Gasteiger partial charge < -0.3 is 15.5 Å². The van der Waals surface area contributed by atoms with Crippen LogP contribution in [0.4, 0.5) is 17.1 Å². The van der Waals surface area contributed by atoms with Gasteiger partial charge in [-0.1, -0.05) is 30.9 Å². The van der Waals surface area contributed by atoms with Crippen molar-refractivity contribution in [2.45, 2.75) is 57.9 Å². The fourth-order valence-electron chi connectivity index (χ4n) is 4.24. The Bertz CT molecular complexity index is 916. The summed E-state index contributed by atoms with van der Waals surface area (Å²) in [5.41, 5.74) is 3.59. The van der Waals surface area contributed by atoms with Crippen LogP contribution in [0.25, 0.3) is 0 Å². The minimum absolute atomic E-state index is 0.0387. The number of nitrogens with zero attached hydrogens (tertiary/aromatic N) is 1. The molecule has 0 radical (unpaired) electrons. The number of anilines is 3. The van der Waals surface area contributed by atoms with Crippen molar-refractivity contribution >= 4 is 34.3 Å². The molecular formula is C24H29N3OS. The molecule has 2 aliphatic rings. The number of benzene rings is 1. The first kappa shape index (κ1) is 20.0. The Morgan fingerprint density at radius 2 is 2.10 bits per heavy atom. The number of carbonyl (C=O) groups is 1. The minimum atomic E-state index is -0.0387. The number of aryl methyl sites for hydroxylation is 1.